The van der Waals surface area contributed by atoms with E-state index in [1.165, 1.54) is 11.3 Å². The first-order valence-corrected chi connectivity index (χ1v) is 5.22. The van der Waals surface area contributed by atoms with E-state index >= 15 is 0 Å². The summed E-state index contributed by atoms with van der Waals surface area (Å²) in [6, 6.07) is 0. The molecule has 66 valence electrons. The Bertz CT molecular complexity index is 300. The molecular formula is C8H10BrNOS. The number of hydrogen-bond donors (Lipinski definition) is 1. The van der Waals surface area contributed by atoms with Crippen molar-refractivity contribution in [1.29, 1.82) is 0 Å². The quantitative estimate of drug-likeness (QED) is 0.817. The van der Waals surface area contributed by atoms with E-state index in [1.807, 2.05) is 5.38 Å². The SMILES string of the molecule is CC(C)(N)C(=O)c1cscc1Br. The summed E-state index contributed by atoms with van der Waals surface area (Å²) in [6.45, 7) is 3.42. The summed E-state index contributed by atoms with van der Waals surface area (Å²) in [5, 5.41) is 3.68. The Labute approximate surface area is 83.9 Å². The third-order valence-electron chi connectivity index (χ3n) is 1.44. The number of carbonyl (C=O) groups excluding carboxylic acids is 1. The maximum Gasteiger partial charge on any atom is 0.184 e. The molecule has 0 amide bonds. The number of rotatable bonds is 2. The first kappa shape index (κ1) is 9.89. The van der Waals surface area contributed by atoms with Crippen LogP contribution in [0.2, 0.25) is 0 Å². The summed E-state index contributed by atoms with van der Waals surface area (Å²) in [5.74, 6) is -0.0318. The van der Waals surface area contributed by atoms with Gasteiger partial charge in [0.1, 0.15) is 0 Å². The second-order valence-corrected chi connectivity index (χ2v) is 4.78. The first-order valence-electron chi connectivity index (χ1n) is 3.48. The van der Waals surface area contributed by atoms with Gasteiger partial charge in [-0.25, -0.2) is 0 Å². The molecule has 1 aromatic heterocycles. The molecular weight excluding hydrogens is 238 g/mol. The number of carbonyl (C=O) groups is 1. The van der Waals surface area contributed by atoms with Crippen LogP contribution in [0.3, 0.4) is 0 Å². The Morgan fingerprint density at radius 2 is 2.17 bits per heavy atom. The van der Waals surface area contributed by atoms with Crippen molar-refractivity contribution in [2.75, 3.05) is 0 Å². The highest BCUT2D eigenvalue weighted by molar-refractivity contribution is 9.10. The van der Waals surface area contributed by atoms with Gasteiger partial charge in [0.2, 0.25) is 0 Å². The van der Waals surface area contributed by atoms with E-state index in [0.717, 1.165) is 4.47 Å². The highest BCUT2D eigenvalue weighted by Gasteiger charge is 2.25. The predicted molar refractivity (Wildman–Crippen MR) is 54.6 cm³/mol. The van der Waals surface area contributed by atoms with E-state index in [1.54, 1.807) is 19.2 Å². The van der Waals surface area contributed by atoms with Gasteiger partial charge in [-0.3, -0.25) is 4.79 Å². The van der Waals surface area contributed by atoms with Gasteiger partial charge in [0.15, 0.2) is 5.78 Å². The lowest BCUT2D eigenvalue weighted by Gasteiger charge is -2.15. The molecule has 1 rings (SSSR count). The minimum absolute atomic E-state index is 0.0318. The molecule has 12 heavy (non-hydrogen) atoms. The molecule has 0 atom stereocenters. The highest BCUT2D eigenvalue weighted by atomic mass is 79.9. The standard InChI is InChI=1S/C8H10BrNOS/c1-8(2,10)7(11)5-3-12-4-6(5)9/h3-4H,10H2,1-2H3. The molecule has 0 bridgehead atoms. The van der Waals surface area contributed by atoms with Crippen LogP contribution >= 0.6 is 27.3 Å². The van der Waals surface area contributed by atoms with Gasteiger partial charge in [0.05, 0.1) is 5.54 Å². The highest BCUT2D eigenvalue weighted by Crippen LogP contribution is 2.24. The number of halogens is 1. The number of nitrogens with two attached hydrogens (primary N) is 1. The lowest BCUT2D eigenvalue weighted by atomic mass is 9.96. The van der Waals surface area contributed by atoms with Crippen LogP contribution in [0.4, 0.5) is 0 Å². The molecule has 0 aromatic carbocycles. The molecule has 0 unspecified atom stereocenters. The zero-order valence-corrected chi connectivity index (χ0v) is 9.33. The molecule has 2 nitrogen and oxygen atoms in total. The van der Waals surface area contributed by atoms with Crippen LogP contribution in [0.15, 0.2) is 15.2 Å². The van der Waals surface area contributed by atoms with E-state index in [4.69, 9.17) is 5.73 Å². The van der Waals surface area contributed by atoms with Gasteiger partial charge in [-0.05, 0) is 29.8 Å². The summed E-state index contributed by atoms with van der Waals surface area (Å²) < 4.78 is 0.830. The van der Waals surface area contributed by atoms with Crippen LogP contribution in [0.5, 0.6) is 0 Å². The van der Waals surface area contributed by atoms with E-state index < -0.39 is 5.54 Å². The smallest absolute Gasteiger partial charge is 0.184 e. The normalized spacial score (nSPS) is 11.7. The minimum Gasteiger partial charge on any atom is -0.319 e. The Kier molecular flexibility index (Phi) is 2.70. The van der Waals surface area contributed by atoms with Crippen molar-refractivity contribution in [1.82, 2.24) is 0 Å². The van der Waals surface area contributed by atoms with Crippen molar-refractivity contribution in [2.45, 2.75) is 19.4 Å². The van der Waals surface area contributed by atoms with Gasteiger partial charge < -0.3 is 5.73 Å². The molecule has 1 aromatic rings. The summed E-state index contributed by atoms with van der Waals surface area (Å²) in [5.41, 5.74) is 5.56. The third kappa shape index (κ3) is 1.94. The number of Topliss-reactive ketones (excluding diaryl/α,β-unsaturated/α-hetero) is 1. The summed E-state index contributed by atoms with van der Waals surface area (Å²) in [7, 11) is 0. The molecule has 0 saturated heterocycles. The average Bonchev–Trinajstić information content (AvgIpc) is 2.31. The van der Waals surface area contributed by atoms with Crippen LogP contribution in [-0.4, -0.2) is 11.3 Å². The maximum absolute atomic E-state index is 11.6. The Hall–Kier alpha value is -0.190. The second kappa shape index (κ2) is 3.28. The van der Waals surface area contributed by atoms with Gasteiger partial charge in [-0.1, -0.05) is 0 Å². The molecule has 0 aliphatic rings. The van der Waals surface area contributed by atoms with Crippen molar-refractivity contribution in [3.63, 3.8) is 0 Å². The monoisotopic (exact) mass is 247 g/mol. The molecule has 4 heteroatoms. The fourth-order valence-electron chi connectivity index (χ4n) is 0.791. The molecule has 0 fully saturated rings. The molecule has 0 saturated carbocycles. The van der Waals surface area contributed by atoms with Crippen molar-refractivity contribution in [3.05, 3.63) is 20.8 Å². The van der Waals surface area contributed by atoms with Gasteiger partial charge in [-0.2, -0.15) is 11.3 Å². The lowest BCUT2D eigenvalue weighted by molar-refractivity contribution is 0.0913. The van der Waals surface area contributed by atoms with Crippen LogP contribution in [0.25, 0.3) is 0 Å². The molecule has 0 radical (unpaired) electrons. The summed E-state index contributed by atoms with van der Waals surface area (Å²) in [6.07, 6.45) is 0. The van der Waals surface area contributed by atoms with E-state index in [-0.39, 0.29) is 5.78 Å². The zero-order chi connectivity index (χ0) is 9.35. The number of hydrogen-bond acceptors (Lipinski definition) is 3. The molecule has 1 heterocycles. The van der Waals surface area contributed by atoms with Crippen LogP contribution in [0, 0.1) is 0 Å². The van der Waals surface area contributed by atoms with E-state index in [2.05, 4.69) is 15.9 Å². The van der Waals surface area contributed by atoms with Crippen LogP contribution in [-0.2, 0) is 0 Å². The van der Waals surface area contributed by atoms with Gasteiger partial charge in [-0.15, -0.1) is 0 Å². The van der Waals surface area contributed by atoms with Gasteiger partial charge in [0, 0.05) is 20.8 Å². The first-order chi connectivity index (χ1) is 5.43. The van der Waals surface area contributed by atoms with Crippen molar-refractivity contribution in [3.8, 4) is 0 Å². The van der Waals surface area contributed by atoms with Crippen molar-refractivity contribution >= 4 is 33.0 Å². The zero-order valence-electron chi connectivity index (χ0n) is 6.93. The van der Waals surface area contributed by atoms with Crippen molar-refractivity contribution in [2.24, 2.45) is 5.73 Å². The lowest BCUT2D eigenvalue weighted by Crippen LogP contribution is -2.41. The topological polar surface area (TPSA) is 43.1 Å². The fraction of sp³-hybridized carbons (Fsp3) is 0.375. The Balaban J connectivity index is 3.01. The number of thiophene rings is 1. The predicted octanol–water partition coefficient (Wildman–Crippen LogP) is 2.43. The fourth-order valence-corrected chi connectivity index (χ4v) is 2.24. The molecule has 0 aliphatic carbocycles. The summed E-state index contributed by atoms with van der Waals surface area (Å²) in [4.78, 5) is 11.6. The van der Waals surface area contributed by atoms with Gasteiger partial charge >= 0.3 is 0 Å². The Morgan fingerprint density at radius 3 is 2.50 bits per heavy atom. The van der Waals surface area contributed by atoms with Crippen LogP contribution in [0.1, 0.15) is 24.2 Å². The maximum atomic E-state index is 11.6. The third-order valence-corrected chi connectivity index (χ3v) is 3.15. The Morgan fingerprint density at radius 1 is 1.58 bits per heavy atom. The summed E-state index contributed by atoms with van der Waals surface area (Å²) >= 11 is 4.78. The molecule has 0 aliphatic heterocycles. The van der Waals surface area contributed by atoms with E-state index in [0.29, 0.717) is 5.56 Å². The van der Waals surface area contributed by atoms with Crippen LogP contribution < -0.4 is 5.73 Å². The van der Waals surface area contributed by atoms with E-state index in [9.17, 15) is 4.79 Å². The van der Waals surface area contributed by atoms with Gasteiger partial charge in [0.25, 0.3) is 0 Å². The second-order valence-electron chi connectivity index (χ2n) is 3.18. The number of ketones is 1. The van der Waals surface area contributed by atoms with Crippen molar-refractivity contribution < 1.29 is 4.79 Å². The molecule has 2 N–H and O–H groups in total. The molecule has 0 spiro atoms. The average molecular weight is 248 g/mol. The minimum atomic E-state index is -0.788. The largest absolute Gasteiger partial charge is 0.319 e.